The topological polar surface area (TPSA) is 51.5 Å². The van der Waals surface area contributed by atoms with Gasteiger partial charge < -0.3 is 14.5 Å². The van der Waals surface area contributed by atoms with Crippen molar-refractivity contribution in [2.75, 3.05) is 13.7 Å². The average Bonchev–Trinajstić information content (AvgIpc) is 2.98. The van der Waals surface area contributed by atoms with Crippen LogP contribution in [0.25, 0.3) is 11.0 Å². The first-order valence-corrected chi connectivity index (χ1v) is 7.26. The maximum absolute atomic E-state index is 13.1. The van der Waals surface area contributed by atoms with Crippen molar-refractivity contribution in [2.24, 2.45) is 0 Å². The zero-order chi connectivity index (χ0) is 16.2. The fraction of sp³-hybridized carbons (Fsp3) is 0.167. The summed E-state index contributed by atoms with van der Waals surface area (Å²) in [4.78, 5) is 12.1. The molecule has 0 aliphatic rings. The lowest BCUT2D eigenvalue weighted by Gasteiger charge is -2.03. The Morgan fingerprint density at radius 2 is 2.09 bits per heavy atom. The van der Waals surface area contributed by atoms with Gasteiger partial charge in [-0.1, -0.05) is 12.1 Å². The van der Waals surface area contributed by atoms with Crippen molar-refractivity contribution in [2.45, 2.75) is 6.42 Å². The zero-order valence-corrected chi connectivity index (χ0v) is 12.6. The fourth-order valence-electron chi connectivity index (χ4n) is 2.36. The third kappa shape index (κ3) is 3.51. The van der Waals surface area contributed by atoms with Gasteiger partial charge in [0.2, 0.25) is 0 Å². The summed E-state index contributed by atoms with van der Waals surface area (Å²) in [5, 5.41) is 3.58. The lowest BCUT2D eigenvalue weighted by Crippen LogP contribution is -2.25. The molecule has 4 nitrogen and oxygen atoms in total. The largest absolute Gasteiger partial charge is 0.497 e. The molecule has 5 heteroatoms. The van der Waals surface area contributed by atoms with Gasteiger partial charge in [0, 0.05) is 11.9 Å². The van der Waals surface area contributed by atoms with E-state index in [9.17, 15) is 9.18 Å². The number of rotatable bonds is 5. The van der Waals surface area contributed by atoms with E-state index in [1.807, 2.05) is 12.1 Å². The Kier molecular flexibility index (Phi) is 4.28. The van der Waals surface area contributed by atoms with Gasteiger partial charge in [-0.2, -0.15) is 0 Å². The van der Waals surface area contributed by atoms with Crippen molar-refractivity contribution in [3.8, 4) is 5.75 Å². The number of methoxy groups -OCH3 is 1. The van der Waals surface area contributed by atoms with E-state index in [4.69, 9.17) is 9.15 Å². The number of hydrogen-bond donors (Lipinski definition) is 1. The molecule has 0 aliphatic carbocycles. The normalized spacial score (nSPS) is 10.7. The molecule has 0 radical (unpaired) electrons. The summed E-state index contributed by atoms with van der Waals surface area (Å²) in [6.45, 7) is 0.405. The second-order valence-electron chi connectivity index (χ2n) is 5.15. The summed E-state index contributed by atoms with van der Waals surface area (Å²) >= 11 is 0. The number of carbonyl (C=O) groups is 1. The predicted molar refractivity (Wildman–Crippen MR) is 85.2 cm³/mol. The average molecular weight is 313 g/mol. The third-order valence-corrected chi connectivity index (χ3v) is 3.54. The number of nitrogens with one attached hydrogen (secondary N) is 1. The van der Waals surface area contributed by atoms with Crippen LogP contribution in [0.4, 0.5) is 4.39 Å². The molecule has 1 N–H and O–H groups in total. The van der Waals surface area contributed by atoms with Gasteiger partial charge in [0.05, 0.1) is 7.11 Å². The van der Waals surface area contributed by atoms with Crippen LogP contribution in [0.1, 0.15) is 16.1 Å². The van der Waals surface area contributed by atoms with Crippen LogP contribution in [-0.2, 0) is 6.42 Å². The first-order chi connectivity index (χ1) is 11.2. The highest BCUT2D eigenvalue weighted by Gasteiger charge is 2.12. The van der Waals surface area contributed by atoms with Gasteiger partial charge in [0.15, 0.2) is 5.76 Å². The Hall–Kier alpha value is -2.82. The standard InChI is InChI=1S/C18H16FNO3/c1-22-15-5-6-16-13(10-15)11-17(23-16)18(21)20-8-7-12-3-2-4-14(19)9-12/h2-6,9-11H,7-8H2,1H3,(H,20,21). The highest BCUT2D eigenvalue weighted by molar-refractivity contribution is 5.96. The first kappa shape index (κ1) is 15.1. The molecule has 2 aromatic carbocycles. The van der Waals surface area contributed by atoms with Gasteiger partial charge in [-0.3, -0.25) is 4.79 Å². The minimum absolute atomic E-state index is 0.243. The van der Waals surface area contributed by atoms with Crippen LogP contribution < -0.4 is 10.1 Å². The van der Waals surface area contributed by atoms with Gasteiger partial charge >= 0.3 is 0 Å². The molecule has 0 fully saturated rings. The van der Waals surface area contributed by atoms with E-state index in [-0.39, 0.29) is 17.5 Å². The zero-order valence-electron chi connectivity index (χ0n) is 12.6. The van der Waals surface area contributed by atoms with Gasteiger partial charge in [-0.25, -0.2) is 4.39 Å². The summed E-state index contributed by atoms with van der Waals surface area (Å²) in [6, 6.07) is 13.3. The molecule has 0 atom stereocenters. The first-order valence-electron chi connectivity index (χ1n) is 7.26. The number of halogens is 1. The lowest BCUT2D eigenvalue weighted by molar-refractivity contribution is 0.0928. The van der Waals surface area contributed by atoms with Gasteiger partial charge in [0.1, 0.15) is 17.1 Å². The molecule has 3 aromatic rings. The number of fused-ring (bicyclic) bond motifs is 1. The van der Waals surface area contributed by atoms with Crippen LogP contribution in [0.5, 0.6) is 5.75 Å². The summed E-state index contributed by atoms with van der Waals surface area (Å²) in [5.74, 6) is 0.375. The minimum Gasteiger partial charge on any atom is -0.497 e. The smallest absolute Gasteiger partial charge is 0.287 e. The van der Waals surface area contributed by atoms with Crippen LogP contribution in [0, 0.1) is 5.82 Å². The van der Waals surface area contributed by atoms with Crippen LogP contribution >= 0.6 is 0 Å². The SMILES string of the molecule is COc1ccc2oc(C(=O)NCCc3cccc(F)c3)cc2c1. The molecule has 1 heterocycles. The van der Waals surface area contributed by atoms with E-state index in [1.54, 1.807) is 31.4 Å². The summed E-state index contributed by atoms with van der Waals surface area (Å²) in [7, 11) is 1.58. The molecular weight excluding hydrogens is 297 g/mol. The maximum Gasteiger partial charge on any atom is 0.287 e. The lowest BCUT2D eigenvalue weighted by atomic mass is 10.1. The highest BCUT2D eigenvalue weighted by atomic mass is 19.1. The molecule has 3 rings (SSSR count). The molecule has 23 heavy (non-hydrogen) atoms. The van der Waals surface area contributed by atoms with E-state index in [1.165, 1.54) is 12.1 Å². The van der Waals surface area contributed by atoms with Gasteiger partial charge in [-0.05, 0) is 48.4 Å². The second kappa shape index (κ2) is 6.52. The van der Waals surface area contributed by atoms with Crippen LogP contribution in [0.2, 0.25) is 0 Å². The summed E-state index contributed by atoms with van der Waals surface area (Å²) in [6.07, 6.45) is 0.553. The van der Waals surface area contributed by atoms with Crippen molar-refractivity contribution in [1.29, 1.82) is 0 Å². The van der Waals surface area contributed by atoms with E-state index in [0.717, 1.165) is 10.9 Å². The van der Waals surface area contributed by atoms with E-state index in [2.05, 4.69) is 5.32 Å². The summed E-state index contributed by atoms with van der Waals surface area (Å²) < 4.78 is 23.8. The third-order valence-electron chi connectivity index (χ3n) is 3.54. The fourth-order valence-corrected chi connectivity index (χ4v) is 2.36. The second-order valence-corrected chi connectivity index (χ2v) is 5.15. The van der Waals surface area contributed by atoms with Crippen molar-refractivity contribution in [1.82, 2.24) is 5.32 Å². The van der Waals surface area contributed by atoms with Gasteiger partial charge in [-0.15, -0.1) is 0 Å². The molecule has 0 spiro atoms. The highest BCUT2D eigenvalue weighted by Crippen LogP contribution is 2.24. The quantitative estimate of drug-likeness (QED) is 0.783. The number of carbonyl (C=O) groups excluding carboxylic acids is 1. The molecule has 0 saturated heterocycles. The van der Waals surface area contributed by atoms with Crippen molar-refractivity contribution in [3.05, 3.63) is 65.7 Å². The Labute approximate surface area is 132 Å². The van der Waals surface area contributed by atoms with E-state index in [0.29, 0.717) is 24.3 Å². The van der Waals surface area contributed by atoms with E-state index >= 15 is 0 Å². The number of amides is 1. The Balaban J connectivity index is 1.64. The molecule has 1 amide bonds. The van der Waals surface area contributed by atoms with Crippen LogP contribution in [0.3, 0.4) is 0 Å². The molecule has 0 aliphatic heterocycles. The number of hydrogen-bond acceptors (Lipinski definition) is 3. The number of benzene rings is 2. The summed E-state index contributed by atoms with van der Waals surface area (Å²) in [5.41, 5.74) is 1.46. The number of ether oxygens (including phenoxy) is 1. The van der Waals surface area contributed by atoms with Crippen molar-refractivity contribution < 1.29 is 18.3 Å². The van der Waals surface area contributed by atoms with Crippen molar-refractivity contribution >= 4 is 16.9 Å². The minimum atomic E-state index is -0.295. The van der Waals surface area contributed by atoms with E-state index < -0.39 is 0 Å². The molecule has 0 saturated carbocycles. The Bertz CT molecular complexity index is 841. The van der Waals surface area contributed by atoms with Crippen LogP contribution in [0.15, 0.2) is 52.9 Å². The Morgan fingerprint density at radius 3 is 2.87 bits per heavy atom. The molecule has 0 bridgehead atoms. The van der Waals surface area contributed by atoms with Crippen LogP contribution in [-0.4, -0.2) is 19.6 Å². The molecule has 1 aromatic heterocycles. The van der Waals surface area contributed by atoms with Gasteiger partial charge in [0.25, 0.3) is 5.91 Å². The molecule has 118 valence electrons. The predicted octanol–water partition coefficient (Wildman–Crippen LogP) is 3.55. The monoisotopic (exact) mass is 313 g/mol. The molecule has 0 unspecified atom stereocenters. The number of furan rings is 1. The van der Waals surface area contributed by atoms with Crippen molar-refractivity contribution in [3.63, 3.8) is 0 Å². The Morgan fingerprint density at radius 1 is 1.22 bits per heavy atom. The maximum atomic E-state index is 13.1. The molecular formula is C18H16FNO3.